The Morgan fingerprint density at radius 3 is 2.38 bits per heavy atom. The van der Waals surface area contributed by atoms with Crippen molar-refractivity contribution in [2.24, 2.45) is 0 Å². The van der Waals surface area contributed by atoms with Crippen molar-refractivity contribution in [3.05, 3.63) is 27.2 Å². The molecule has 0 spiro atoms. The Morgan fingerprint density at radius 1 is 1.29 bits per heavy atom. The predicted octanol–water partition coefficient (Wildman–Crippen LogP) is 3.41. The van der Waals surface area contributed by atoms with E-state index in [9.17, 15) is 8.42 Å². The van der Waals surface area contributed by atoms with Gasteiger partial charge < -0.3 is 5.32 Å². The largest absolute Gasteiger partial charge is 0.313 e. The van der Waals surface area contributed by atoms with Gasteiger partial charge in [0.05, 0.1) is 10.0 Å². The van der Waals surface area contributed by atoms with Crippen LogP contribution in [0, 0.1) is 0 Å². The maximum absolute atomic E-state index is 12.8. The third-order valence-electron chi connectivity index (χ3n) is 3.50. The Bertz CT molecular complexity index is 593. The van der Waals surface area contributed by atoms with Crippen LogP contribution < -0.4 is 5.32 Å². The van der Waals surface area contributed by atoms with Gasteiger partial charge in [0.25, 0.3) is 0 Å². The summed E-state index contributed by atoms with van der Waals surface area (Å²) >= 11 is 17.9. The van der Waals surface area contributed by atoms with Gasteiger partial charge >= 0.3 is 0 Å². The Kier molecular flexibility index (Phi) is 5.79. The highest BCUT2D eigenvalue weighted by molar-refractivity contribution is 7.89. The minimum atomic E-state index is -3.75. The Morgan fingerprint density at radius 2 is 1.90 bits per heavy atom. The fourth-order valence-corrected chi connectivity index (χ4v) is 5.45. The number of benzene rings is 1. The number of rotatable bonds is 5. The SMILES string of the molecule is CCN(CC1CCCN1)S(=O)(=O)c1c(Cl)cc(Cl)cc1Cl. The molecule has 0 amide bonds. The van der Waals surface area contributed by atoms with Crippen LogP contribution in [0.5, 0.6) is 0 Å². The summed E-state index contributed by atoms with van der Waals surface area (Å²) in [5.74, 6) is 0. The average Bonchev–Trinajstić information content (AvgIpc) is 2.86. The molecule has 0 aromatic heterocycles. The molecule has 1 atom stereocenters. The fraction of sp³-hybridized carbons (Fsp3) is 0.538. The maximum Gasteiger partial charge on any atom is 0.246 e. The molecule has 0 saturated carbocycles. The molecular weight excluding hydrogens is 355 g/mol. The quantitative estimate of drug-likeness (QED) is 0.863. The van der Waals surface area contributed by atoms with E-state index in [4.69, 9.17) is 34.8 Å². The van der Waals surface area contributed by atoms with Crippen molar-refractivity contribution < 1.29 is 8.42 Å². The molecule has 118 valence electrons. The molecule has 1 aliphatic heterocycles. The van der Waals surface area contributed by atoms with Crippen LogP contribution in [0.3, 0.4) is 0 Å². The highest BCUT2D eigenvalue weighted by Crippen LogP contribution is 2.34. The zero-order valence-corrected chi connectivity index (χ0v) is 14.7. The van der Waals surface area contributed by atoms with Crippen LogP contribution >= 0.6 is 34.8 Å². The van der Waals surface area contributed by atoms with Gasteiger partial charge in [-0.25, -0.2) is 8.42 Å². The second-order valence-corrected chi connectivity index (χ2v) is 8.07. The lowest BCUT2D eigenvalue weighted by molar-refractivity contribution is 0.383. The topological polar surface area (TPSA) is 49.4 Å². The molecule has 1 saturated heterocycles. The Labute approximate surface area is 140 Å². The van der Waals surface area contributed by atoms with Crippen molar-refractivity contribution in [2.75, 3.05) is 19.6 Å². The van der Waals surface area contributed by atoms with Gasteiger partial charge in [-0.15, -0.1) is 0 Å². The second-order valence-electron chi connectivity index (χ2n) is 4.95. The molecule has 4 nitrogen and oxygen atoms in total. The molecule has 1 aromatic carbocycles. The van der Waals surface area contributed by atoms with Crippen LogP contribution in [-0.2, 0) is 10.0 Å². The summed E-state index contributed by atoms with van der Waals surface area (Å²) in [6.07, 6.45) is 2.03. The van der Waals surface area contributed by atoms with Crippen LogP contribution in [0.25, 0.3) is 0 Å². The smallest absolute Gasteiger partial charge is 0.246 e. The Balaban J connectivity index is 2.35. The summed E-state index contributed by atoms with van der Waals surface area (Å²) in [6.45, 7) is 3.48. The van der Waals surface area contributed by atoms with Gasteiger partial charge in [-0.1, -0.05) is 41.7 Å². The molecule has 1 fully saturated rings. The first-order chi connectivity index (χ1) is 9.86. The molecule has 1 aromatic rings. The van der Waals surface area contributed by atoms with Gasteiger partial charge in [0.1, 0.15) is 4.90 Å². The highest BCUT2D eigenvalue weighted by Gasteiger charge is 2.31. The first-order valence-corrected chi connectivity index (χ1v) is 9.31. The summed E-state index contributed by atoms with van der Waals surface area (Å²) < 4.78 is 27.0. The molecule has 0 aliphatic carbocycles. The van der Waals surface area contributed by atoms with E-state index in [-0.39, 0.29) is 21.0 Å². The zero-order chi connectivity index (χ0) is 15.6. The molecule has 1 N–H and O–H groups in total. The van der Waals surface area contributed by atoms with Gasteiger partial charge in [0.2, 0.25) is 10.0 Å². The van der Waals surface area contributed by atoms with Gasteiger partial charge in [-0.2, -0.15) is 4.31 Å². The van der Waals surface area contributed by atoms with E-state index in [0.29, 0.717) is 18.1 Å². The van der Waals surface area contributed by atoms with Crippen LogP contribution in [0.4, 0.5) is 0 Å². The lowest BCUT2D eigenvalue weighted by Crippen LogP contribution is -2.41. The fourth-order valence-electron chi connectivity index (χ4n) is 2.46. The van der Waals surface area contributed by atoms with Crippen LogP contribution in [0.2, 0.25) is 15.1 Å². The molecule has 1 heterocycles. The van der Waals surface area contributed by atoms with Crippen LogP contribution in [0.1, 0.15) is 19.8 Å². The minimum Gasteiger partial charge on any atom is -0.313 e. The normalized spacial score (nSPS) is 19.4. The van der Waals surface area contributed by atoms with Crippen molar-refractivity contribution in [3.8, 4) is 0 Å². The molecule has 0 radical (unpaired) electrons. The number of nitrogens with zero attached hydrogens (tertiary/aromatic N) is 1. The van der Waals surface area contributed by atoms with Gasteiger partial charge in [-0.05, 0) is 31.5 Å². The van der Waals surface area contributed by atoms with E-state index in [1.54, 1.807) is 6.92 Å². The average molecular weight is 372 g/mol. The zero-order valence-electron chi connectivity index (χ0n) is 11.6. The molecule has 8 heteroatoms. The lowest BCUT2D eigenvalue weighted by Gasteiger charge is -2.24. The van der Waals surface area contributed by atoms with E-state index >= 15 is 0 Å². The Hall–Kier alpha value is -0.0400. The highest BCUT2D eigenvalue weighted by atomic mass is 35.5. The van der Waals surface area contributed by atoms with E-state index < -0.39 is 10.0 Å². The van der Waals surface area contributed by atoms with E-state index in [1.165, 1.54) is 16.4 Å². The maximum atomic E-state index is 12.8. The van der Waals surface area contributed by atoms with E-state index in [0.717, 1.165) is 19.4 Å². The second kappa shape index (κ2) is 7.02. The van der Waals surface area contributed by atoms with Crippen molar-refractivity contribution in [2.45, 2.75) is 30.7 Å². The molecule has 21 heavy (non-hydrogen) atoms. The minimum absolute atomic E-state index is 0.0466. The standard InChI is InChI=1S/C13H17Cl3N2O2S/c1-2-18(8-10-4-3-5-17-10)21(19,20)13-11(15)6-9(14)7-12(13)16/h6-7,10,17H,2-5,8H2,1H3. The third kappa shape index (κ3) is 3.84. The number of nitrogens with one attached hydrogen (secondary N) is 1. The van der Waals surface area contributed by atoms with Crippen LogP contribution in [0.15, 0.2) is 17.0 Å². The van der Waals surface area contributed by atoms with Gasteiger partial charge in [0.15, 0.2) is 0 Å². The summed E-state index contributed by atoms with van der Waals surface area (Å²) in [7, 11) is -3.75. The van der Waals surface area contributed by atoms with Crippen molar-refractivity contribution in [3.63, 3.8) is 0 Å². The van der Waals surface area contributed by atoms with E-state index in [1.807, 2.05) is 0 Å². The van der Waals surface area contributed by atoms with Crippen LogP contribution in [-0.4, -0.2) is 38.4 Å². The van der Waals surface area contributed by atoms with E-state index in [2.05, 4.69) is 5.32 Å². The summed E-state index contributed by atoms with van der Waals surface area (Å²) in [5.41, 5.74) is 0. The van der Waals surface area contributed by atoms with Crippen molar-refractivity contribution in [1.29, 1.82) is 0 Å². The first kappa shape index (κ1) is 17.3. The summed E-state index contributed by atoms with van der Waals surface area (Å²) in [6, 6.07) is 2.96. The van der Waals surface area contributed by atoms with Crippen molar-refractivity contribution >= 4 is 44.8 Å². The molecular formula is C13H17Cl3N2O2S. The number of hydrogen-bond donors (Lipinski definition) is 1. The van der Waals surface area contributed by atoms with Gasteiger partial charge in [-0.3, -0.25) is 0 Å². The number of halogens is 3. The molecule has 1 unspecified atom stereocenters. The first-order valence-electron chi connectivity index (χ1n) is 6.74. The number of sulfonamides is 1. The predicted molar refractivity (Wildman–Crippen MR) is 86.9 cm³/mol. The third-order valence-corrected chi connectivity index (χ3v) is 6.58. The molecule has 1 aliphatic rings. The summed E-state index contributed by atoms with van der Waals surface area (Å²) in [5, 5.41) is 3.69. The number of hydrogen-bond acceptors (Lipinski definition) is 3. The van der Waals surface area contributed by atoms with Crippen molar-refractivity contribution in [1.82, 2.24) is 9.62 Å². The lowest BCUT2D eigenvalue weighted by atomic mass is 10.2. The molecule has 2 rings (SSSR count). The summed E-state index contributed by atoms with van der Waals surface area (Å²) in [4.78, 5) is -0.0740. The van der Waals surface area contributed by atoms with Gasteiger partial charge in [0, 0.05) is 24.2 Å². The monoisotopic (exact) mass is 370 g/mol. The number of likely N-dealkylation sites (N-methyl/N-ethyl adjacent to an activating group) is 1. The molecule has 0 bridgehead atoms.